The summed E-state index contributed by atoms with van der Waals surface area (Å²) in [5, 5.41) is 22.1. The third kappa shape index (κ3) is 3.23. The maximum Gasteiger partial charge on any atom is 0.302 e. The smallest absolute Gasteiger partial charge is 0.302 e. The number of aliphatic hydroxyl groups excluding tert-OH is 2. The van der Waals surface area contributed by atoms with E-state index < -0.39 is 18.3 Å². The van der Waals surface area contributed by atoms with Crippen molar-refractivity contribution in [2.75, 3.05) is 0 Å². The molecule has 6 nitrogen and oxygen atoms in total. The van der Waals surface area contributed by atoms with E-state index in [1.165, 1.54) is 19.4 Å². The van der Waals surface area contributed by atoms with Crippen LogP contribution in [0.3, 0.4) is 0 Å². The number of hydrogen-bond acceptors (Lipinski definition) is 6. The second kappa shape index (κ2) is 7.09. The Balaban J connectivity index is 1.63. The quantitative estimate of drug-likeness (QED) is 0.541. The molecular weight excluding hydrogens is 372 g/mol. The van der Waals surface area contributed by atoms with Gasteiger partial charge in [0.25, 0.3) is 0 Å². The molecule has 3 saturated carbocycles. The van der Waals surface area contributed by atoms with Crippen molar-refractivity contribution in [2.24, 2.45) is 28.6 Å². The zero-order valence-electron chi connectivity index (χ0n) is 17.9. The minimum atomic E-state index is -0.692. The number of ether oxygens (including phenoxy) is 2. The molecule has 9 atom stereocenters. The molecule has 0 aliphatic heterocycles. The standard InChI is InChI=1S/C23H34O6/c1-12(24)28-15-5-7-22(3)14(9-15)10-18(26)20-16(22)6-8-23(4)17(20)11-19(21(23)27)29-13(2)25/h10,15-21,26-27H,5-9,11H2,1-4H3/t15-,16-,17-,18-,19+,20+,21-,22-,23-/m0/s1. The fourth-order valence-corrected chi connectivity index (χ4v) is 7.24. The van der Waals surface area contributed by atoms with Crippen LogP contribution < -0.4 is 0 Å². The molecule has 0 saturated heterocycles. The van der Waals surface area contributed by atoms with Crippen LogP contribution in [-0.2, 0) is 19.1 Å². The summed E-state index contributed by atoms with van der Waals surface area (Å²) in [6.45, 7) is 7.21. The summed E-state index contributed by atoms with van der Waals surface area (Å²) in [5.74, 6) is -0.148. The van der Waals surface area contributed by atoms with Crippen molar-refractivity contribution in [3.05, 3.63) is 11.6 Å². The van der Waals surface area contributed by atoms with Crippen molar-refractivity contribution >= 4 is 11.9 Å². The lowest BCUT2D eigenvalue weighted by Gasteiger charge is -2.58. The van der Waals surface area contributed by atoms with Gasteiger partial charge < -0.3 is 19.7 Å². The highest BCUT2D eigenvalue weighted by molar-refractivity contribution is 5.66. The molecule has 0 aromatic carbocycles. The minimum Gasteiger partial charge on any atom is -0.462 e. The van der Waals surface area contributed by atoms with Crippen LogP contribution in [0.2, 0.25) is 0 Å². The van der Waals surface area contributed by atoms with Gasteiger partial charge in [-0.3, -0.25) is 9.59 Å². The lowest BCUT2D eigenvalue weighted by molar-refractivity contribution is -0.155. The largest absolute Gasteiger partial charge is 0.462 e. The fraction of sp³-hybridized carbons (Fsp3) is 0.826. The monoisotopic (exact) mass is 406 g/mol. The topological polar surface area (TPSA) is 93.1 Å². The van der Waals surface area contributed by atoms with Gasteiger partial charge in [-0.15, -0.1) is 0 Å². The van der Waals surface area contributed by atoms with Crippen molar-refractivity contribution in [1.29, 1.82) is 0 Å². The first-order chi connectivity index (χ1) is 13.6. The van der Waals surface area contributed by atoms with Crippen molar-refractivity contribution < 1.29 is 29.3 Å². The summed E-state index contributed by atoms with van der Waals surface area (Å²) in [4.78, 5) is 22.9. The third-order valence-electron chi connectivity index (χ3n) is 8.69. The summed E-state index contributed by atoms with van der Waals surface area (Å²) in [6.07, 6.45) is 4.98. The van der Waals surface area contributed by atoms with E-state index in [2.05, 4.69) is 13.8 Å². The van der Waals surface area contributed by atoms with Gasteiger partial charge >= 0.3 is 11.9 Å². The van der Waals surface area contributed by atoms with E-state index in [4.69, 9.17) is 9.47 Å². The molecule has 0 spiro atoms. The van der Waals surface area contributed by atoms with Gasteiger partial charge in [-0.1, -0.05) is 25.5 Å². The first-order valence-electron chi connectivity index (χ1n) is 11.0. The average Bonchev–Trinajstić information content (AvgIpc) is 2.87. The van der Waals surface area contributed by atoms with Crippen LogP contribution in [0, 0.1) is 28.6 Å². The Hall–Kier alpha value is -1.40. The highest BCUT2D eigenvalue weighted by Crippen LogP contribution is 2.65. The van der Waals surface area contributed by atoms with Crippen LogP contribution in [0.25, 0.3) is 0 Å². The van der Waals surface area contributed by atoms with Crippen LogP contribution in [-0.4, -0.2) is 46.6 Å². The van der Waals surface area contributed by atoms with E-state index in [-0.39, 0.29) is 40.7 Å². The molecule has 6 heteroatoms. The Kier molecular flexibility index (Phi) is 5.10. The van der Waals surface area contributed by atoms with Crippen molar-refractivity contribution in [3.63, 3.8) is 0 Å². The van der Waals surface area contributed by atoms with E-state index in [1.807, 2.05) is 6.08 Å². The van der Waals surface area contributed by atoms with Gasteiger partial charge in [0.15, 0.2) is 0 Å². The molecule has 0 bridgehead atoms. The number of hydrogen-bond donors (Lipinski definition) is 2. The lowest BCUT2D eigenvalue weighted by atomic mass is 9.47. The molecule has 0 aromatic heterocycles. The van der Waals surface area contributed by atoms with Crippen LogP contribution in [0.1, 0.15) is 66.2 Å². The Labute approximate surface area is 172 Å². The highest BCUT2D eigenvalue weighted by Gasteiger charge is 2.63. The second-order valence-electron chi connectivity index (χ2n) is 10.2. The predicted octanol–water partition coefficient (Wildman–Crippen LogP) is 2.75. The van der Waals surface area contributed by atoms with E-state index in [1.54, 1.807) is 0 Å². The molecule has 3 fully saturated rings. The van der Waals surface area contributed by atoms with Crippen molar-refractivity contribution in [3.8, 4) is 0 Å². The fourth-order valence-electron chi connectivity index (χ4n) is 7.24. The number of esters is 2. The van der Waals surface area contributed by atoms with Crippen molar-refractivity contribution in [1.82, 2.24) is 0 Å². The molecule has 2 N–H and O–H groups in total. The number of rotatable bonds is 2. The Morgan fingerprint density at radius 1 is 1.03 bits per heavy atom. The highest BCUT2D eigenvalue weighted by atomic mass is 16.6. The molecule has 0 amide bonds. The SMILES string of the molecule is CC(=O)O[C@H]1CC[C@@]2(C)C(=C[C@H](O)[C@H]3[C@@H]4C[C@@H](OC(C)=O)[C@H](O)[C@@]4(C)CC[C@@H]32)C1. The molecule has 0 aromatic rings. The van der Waals surface area contributed by atoms with E-state index in [0.29, 0.717) is 18.8 Å². The van der Waals surface area contributed by atoms with E-state index in [9.17, 15) is 19.8 Å². The molecule has 4 aliphatic rings. The first kappa shape index (κ1) is 20.9. The predicted molar refractivity (Wildman–Crippen MR) is 106 cm³/mol. The minimum absolute atomic E-state index is 0.0215. The second-order valence-corrected chi connectivity index (χ2v) is 10.2. The molecular formula is C23H34O6. The van der Waals surface area contributed by atoms with E-state index in [0.717, 1.165) is 25.7 Å². The summed E-state index contributed by atoms with van der Waals surface area (Å²) in [7, 11) is 0. The molecule has 0 heterocycles. The Morgan fingerprint density at radius 3 is 2.38 bits per heavy atom. The molecule has 0 radical (unpaired) electrons. The molecule has 29 heavy (non-hydrogen) atoms. The van der Waals surface area contributed by atoms with Gasteiger partial charge in [-0.2, -0.15) is 0 Å². The maximum absolute atomic E-state index is 11.5. The van der Waals surface area contributed by atoms with Crippen LogP contribution >= 0.6 is 0 Å². The zero-order valence-corrected chi connectivity index (χ0v) is 17.9. The van der Waals surface area contributed by atoms with Crippen LogP contribution in [0.15, 0.2) is 11.6 Å². The zero-order chi connectivity index (χ0) is 21.1. The number of carbonyl (C=O) groups is 2. The van der Waals surface area contributed by atoms with Gasteiger partial charge in [0, 0.05) is 25.7 Å². The lowest BCUT2D eigenvalue weighted by Crippen LogP contribution is -2.55. The maximum atomic E-state index is 11.5. The molecule has 162 valence electrons. The van der Waals surface area contributed by atoms with Gasteiger partial charge in [0.1, 0.15) is 12.2 Å². The summed E-state index contributed by atoms with van der Waals surface area (Å²) < 4.78 is 10.9. The van der Waals surface area contributed by atoms with Gasteiger partial charge in [-0.25, -0.2) is 0 Å². The first-order valence-corrected chi connectivity index (χ1v) is 11.0. The molecule has 4 aliphatic carbocycles. The van der Waals surface area contributed by atoms with Gasteiger partial charge in [0.05, 0.1) is 12.2 Å². The molecule has 0 unspecified atom stereocenters. The number of carbonyl (C=O) groups excluding carboxylic acids is 2. The van der Waals surface area contributed by atoms with Gasteiger partial charge in [-0.05, 0) is 55.3 Å². The summed E-state index contributed by atoms with van der Waals surface area (Å²) in [5.41, 5.74) is 0.841. The Bertz CT molecular complexity index is 731. The average molecular weight is 407 g/mol. The summed E-state index contributed by atoms with van der Waals surface area (Å²) in [6, 6.07) is 0. The normalized spacial score (nSPS) is 48.6. The number of fused-ring (bicyclic) bond motifs is 5. The van der Waals surface area contributed by atoms with Crippen LogP contribution in [0.5, 0.6) is 0 Å². The number of aliphatic hydroxyl groups is 2. The molecule has 4 rings (SSSR count). The third-order valence-corrected chi connectivity index (χ3v) is 8.69. The van der Waals surface area contributed by atoms with Crippen LogP contribution in [0.4, 0.5) is 0 Å². The van der Waals surface area contributed by atoms with Crippen molar-refractivity contribution in [2.45, 2.75) is 90.6 Å². The van der Waals surface area contributed by atoms with E-state index >= 15 is 0 Å². The van der Waals surface area contributed by atoms with Gasteiger partial charge in [0.2, 0.25) is 0 Å². The summed E-state index contributed by atoms with van der Waals surface area (Å²) >= 11 is 0. The Morgan fingerprint density at radius 2 is 1.72 bits per heavy atom.